The van der Waals surface area contributed by atoms with Crippen molar-refractivity contribution >= 4 is 13.9 Å². The van der Waals surface area contributed by atoms with E-state index in [0.717, 1.165) is 12.8 Å². The Morgan fingerprint density at radius 1 is 0.816 bits per heavy atom. The molecule has 2 unspecified atom stereocenters. The number of carbonyl (C=O) groups is 1. The van der Waals surface area contributed by atoms with E-state index in [1.807, 2.05) is 21.1 Å². The lowest BCUT2D eigenvalue weighted by Crippen LogP contribution is -2.40. The molecule has 9 nitrogen and oxygen atoms in total. The van der Waals surface area contributed by atoms with Gasteiger partial charge in [0.05, 0.1) is 27.7 Å². The average Bonchev–Trinajstić information content (AvgIpc) is 2.85. The standard InChI is InChI=1S/C28H60N3O6P/c1-6-7-8-9-10-11-12-13-14-15-16-17-18-19-20-21-23-35-26-27(25-30-28(32)29-2)37-38(33,34)36-24-22-31(3,4)5/h27H,6-26H2,1-5H3,(H2-,29,30,32,33,34)/p+1. The van der Waals surface area contributed by atoms with Crippen LogP contribution in [0.4, 0.5) is 4.79 Å². The molecule has 0 aliphatic rings. The van der Waals surface area contributed by atoms with Gasteiger partial charge < -0.3 is 24.7 Å². The van der Waals surface area contributed by atoms with Crippen LogP contribution in [0.3, 0.4) is 0 Å². The Balaban J connectivity index is 3.87. The minimum atomic E-state index is -4.26. The van der Waals surface area contributed by atoms with Gasteiger partial charge in [0.2, 0.25) is 0 Å². The van der Waals surface area contributed by atoms with Crippen LogP contribution >= 0.6 is 7.82 Å². The van der Waals surface area contributed by atoms with Gasteiger partial charge in [-0.2, -0.15) is 0 Å². The number of hydrogen-bond donors (Lipinski definition) is 3. The zero-order valence-electron chi connectivity index (χ0n) is 25.3. The molecular formula is C28H61N3O6P+. The lowest BCUT2D eigenvalue weighted by Gasteiger charge is -2.25. The van der Waals surface area contributed by atoms with Crippen LogP contribution in [0, 0.1) is 0 Å². The molecule has 38 heavy (non-hydrogen) atoms. The fraction of sp³-hybridized carbons (Fsp3) is 0.964. The Labute approximate surface area is 234 Å². The predicted molar refractivity (Wildman–Crippen MR) is 156 cm³/mol. The summed E-state index contributed by atoms with van der Waals surface area (Å²) in [4.78, 5) is 21.6. The molecule has 0 aromatic heterocycles. The molecule has 0 saturated carbocycles. The molecule has 2 atom stereocenters. The normalized spacial score (nSPS) is 14.3. The van der Waals surface area contributed by atoms with E-state index in [-0.39, 0.29) is 19.8 Å². The van der Waals surface area contributed by atoms with Crippen LogP contribution < -0.4 is 10.6 Å². The molecule has 0 bridgehead atoms. The zero-order valence-corrected chi connectivity index (χ0v) is 26.2. The Kier molecular flexibility index (Phi) is 23.7. The number of phosphoric acid groups is 1. The lowest BCUT2D eigenvalue weighted by atomic mass is 10.0. The summed E-state index contributed by atoms with van der Waals surface area (Å²) in [6.45, 7) is 3.62. The van der Waals surface area contributed by atoms with E-state index in [2.05, 4.69) is 17.6 Å². The van der Waals surface area contributed by atoms with Crippen LogP contribution in [0.2, 0.25) is 0 Å². The highest BCUT2D eigenvalue weighted by molar-refractivity contribution is 7.47. The van der Waals surface area contributed by atoms with E-state index in [1.54, 1.807) is 0 Å². The number of quaternary nitrogens is 1. The van der Waals surface area contributed by atoms with Crippen molar-refractivity contribution in [3.05, 3.63) is 0 Å². The highest BCUT2D eigenvalue weighted by atomic mass is 31.2. The summed E-state index contributed by atoms with van der Waals surface area (Å²) < 4.78 is 29.0. The van der Waals surface area contributed by atoms with Crippen LogP contribution in [-0.2, 0) is 18.3 Å². The minimum Gasteiger partial charge on any atom is -0.379 e. The van der Waals surface area contributed by atoms with Crippen molar-refractivity contribution in [2.75, 3.05) is 61.1 Å². The second-order valence-corrected chi connectivity index (χ2v) is 12.8. The van der Waals surface area contributed by atoms with Crippen molar-refractivity contribution in [2.24, 2.45) is 0 Å². The first-order valence-corrected chi connectivity index (χ1v) is 16.6. The van der Waals surface area contributed by atoms with Gasteiger partial charge in [0.15, 0.2) is 0 Å². The van der Waals surface area contributed by atoms with E-state index in [9.17, 15) is 14.3 Å². The maximum atomic E-state index is 12.3. The van der Waals surface area contributed by atoms with E-state index in [0.29, 0.717) is 17.6 Å². The summed E-state index contributed by atoms with van der Waals surface area (Å²) in [7, 11) is 3.15. The maximum Gasteiger partial charge on any atom is 0.472 e. The third-order valence-corrected chi connectivity index (χ3v) is 7.54. The van der Waals surface area contributed by atoms with Gasteiger partial charge >= 0.3 is 13.9 Å². The molecule has 228 valence electrons. The molecule has 10 heteroatoms. The summed E-state index contributed by atoms with van der Waals surface area (Å²) >= 11 is 0. The second-order valence-electron chi connectivity index (χ2n) is 11.4. The van der Waals surface area contributed by atoms with Crippen LogP contribution in [0.15, 0.2) is 0 Å². The zero-order chi connectivity index (χ0) is 28.5. The number of urea groups is 1. The van der Waals surface area contributed by atoms with E-state index < -0.39 is 20.0 Å². The molecule has 3 N–H and O–H groups in total. The van der Waals surface area contributed by atoms with Crippen molar-refractivity contribution < 1.29 is 32.5 Å². The molecule has 0 spiro atoms. The van der Waals surface area contributed by atoms with Gasteiger partial charge in [-0.05, 0) is 6.42 Å². The molecule has 0 heterocycles. The van der Waals surface area contributed by atoms with Gasteiger partial charge in [0, 0.05) is 20.2 Å². The molecule has 0 aromatic carbocycles. The molecule has 0 radical (unpaired) electrons. The van der Waals surface area contributed by atoms with Crippen LogP contribution in [-0.4, -0.2) is 82.6 Å². The van der Waals surface area contributed by atoms with Gasteiger partial charge in [0.1, 0.15) is 19.3 Å². The van der Waals surface area contributed by atoms with Crippen molar-refractivity contribution in [3.8, 4) is 0 Å². The topological polar surface area (TPSA) is 106 Å². The summed E-state index contributed by atoms with van der Waals surface area (Å²) in [6.07, 6.45) is 20.3. The summed E-state index contributed by atoms with van der Waals surface area (Å²) in [5, 5.41) is 5.05. The number of unbranched alkanes of at least 4 members (excludes halogenated alkanes) is 15. The van der Waals surface area contributed by atoms with E-state index in [1.165, 1.54) is 96.9 Å². The average molecular weight is 567 g/mol. The van der Waals surface area contributed by atoms with Crippen LogP contribution in [0.5, 0.6) is 0 Å². The number of nitrogens with zero attached hydrogens (tertiary/aromatic N) is 1. The monoisotopic (exact) mass is 566 g/mol. The van der Waals surface area contributed by atoms with Crippen molar-refractivity contribution in [2.45, 2.75) is 116 Å². The second kappa shape index (κ2) is 24.1. The van der Waals surface area contributed by atoms with Crippen molar-refractivity contribution in [3.63, 3.8) is 0 Å². The SMILES string of the molecule is CCCCCCCCCCCCCCCCCCOCC(CNC(=O)NC)OP(=O)(O)OCC[N+](C)(C)C. The van der Waals surface area contributed by atoms with Crippen LogP contribution in [0.1, 0.15) is 110 Å². The third-order valence-electron chi connectivity index (χ3n) is 6.46. The molecule has 0 aliphatic heterocycles. The number of amides is 2. The number of phosphoric ester groups is 1. The first kappa shape index (κ1) is 37.3. The fourth-order valence-corrected chi connectivity index (χ4v) is 4.92. The minimum absolute atomic E-state index is 0.0435. The quantitative estimate of drug-likeness (QED) is 0.0603. The number of hydrogen-bond acceptors (Lipinski definition) is 5. The van der Waals surface area contributed by atoms with E-state index in [4.69, 9.17) is 13.8 Å². The van der Waals surface area contributed by atoms with Gasteiger partial charge in [-0.3, -0.25) is 9.05 Å². The maximum absolute atomic E-state index is 12.3. The number of carbonyl (C=O) groups excluding carboxylic acids is 1. The summed E-state index contributed by atoms with van der Waals surface area (Å²) in [5.41, 5.74) is 0. The Hall–Kier alpha value is -0.700. The number of rotatable bonds is 27. The largest absolute Gasteiger partial charge is 0.472 e. The molecular weight excluding hydrogens is 505 g/mol. The Morgan fingerprint density at radius 2 is 1.29 bits per heavy atom. The molecule has 0 aromatic rings. The summed E-state index contributed by atoms with van der Waals surface area (Å²) in [5.74, 6) is 0. The number of likely N-dealkylation sites (N-methyl/N-ethyl adjacent to an activating group) is 1. The smallest absolute Gasteiger partial charge is 0.379 e. The Bertz CT molecular complexity index is 604. The third kappa shape index (κ3) is 26.9. The summed E-state index contributed by atoms with van der Waals surface area (Å²) in [6, 6.07) is -0.393. The first-order chi connectivity index (χ1) is 18.1. The van der Waals surface area contributed by atoms with E-state index >= 15 is 0 Å². The molecule has 0 rings (SSSR count). The number of ether oxygens (including phenoxy) is 1. The first-order valence-electron chi connectivity index (χ1n) is 15.1. The Morgan fingerprint density at radius 3 is 1.74 bits per heavy atom. The predicted octanol–water partition coefficient (Wildman–Crippen LogP) is 6.40. The van der Waals surface area contributed by atoms with Gasteiger partial charge in [-0.25, -0.2) is 9.36 Å². The van der Waals surface area contributed by atoms with Gasteiger partial charge in [-0.15, -0.1) is 0 Å². The lowest BCUT2D eigenvalue weighted by molar-refractivity contribution is -0.870. The van der Waals surface area contributed by atoms with Gasteiger partial charge in [0.25, 0.3) is 0 Å². The van der Waals surface area contributed by atoms with Crippen molar-refractivity contribution in [1.82, 2.24) is 10.6 Å². The number of nitrogens with one attached hydrogen (secondary N) is 2. The fourth-order valence-electron chi connectivity index (χ4n) is 4.04. The highest BCUT2D eigenvalue weighted by Crippen LogP contribution is 2.44. The molecule has 0 saturated heterocycles. The van der Waals surface area contributed by atoms with Crippen LogP contribution in [0.25, 0.3) is 0 Å². The van der Waals surface area contributed by atoms with Crippen molar-refractivity contribution in [1.29, 1.82) is 0 Å². The molecule has 2 amide bonds. The molecule has 0 fully saturated rings. The molecule has 0 aliphatic carbocycles. The van der Waals surface area contributed by atoms with Gasteiger partial charge in [-0.1, -0.05) is 103 Å². The highest BCUT2D eigenvalue weighted by Gasteiger charge is 2.28.